The first-order valence-electron chi connectivity index (χ1n) is 13.7. The van der Waals surface area contributed by atoms with Crippen LogP contribution in [0.1, 0.15) is 44.7 Å². The Hall–Kier alpha value is -3.15. The van der Waals surface area contributed by atoms with Gasteiger partial charge >= 0.3 is 18.4 Å². The van der Waals surface area contributed by atoms with Crippen LogP contribution in [0.4, 0.5) is 42.5 Å². The fourth-order valence-electron chi connectivity index (χ4n) is 4.51. The van der Waals surface area contributed by atoms with Crippen LogP contribution in [0, 0.1) is 0 Å². The number of carbonyl (C=O) groups is 1. The van der Waals surface area contributed by atoms with Gasteiger partial charge in [-0.25, -0.2) is 4.79 Å². The molecule has 2 aromatic carbocycles. The summed E-state index contributed by atoms with van der Waals surface area (Å²) >= 11 is 0. The van der Waals surface area contributed by atoms with Gasteiger partial charge in [0.25, 0.3) is 0 Å². The average Bonchev–Trinajstić information content (AvgIpc) is 3.31. The monoisotopic (exact) mass is 588 g/mol. The Bertz CT molecular complexity index is 1090. The van der Waals surface area contributed by atoms with Gasteiger partial charge < -0.3 is 24.8 Å². The molecule has 2 fully saturated rings. The zero-order chi connectivity index (χ0) is 30.3. The highest BCUT2D eigenvalue weighted by Gasteiger charge is 2.31. The van der Waals surface area contributed by atoms with E-state index in [2.05, 4.69) is 10.2 Å². The minimum Gasteiger partial charge on any atom is -0.444 e. The smallest absolute Gasteiger partial charge is 0.416 e. The Morgan fingerprint density at radius 2 is 1.15 bits per heavy atom. The second-order valence-electron chi connectivity index (χ2n) is 11.0. The maximum atomic E-state index is 12.6. The molecule has 2 aromatic rings. The normalized spacial score (nSPS) is 17.2. The molecule has 2 aliphatic heterocycles. The van der Waals surface area contributed by atoms with Gasteiger partial charge in [0.2, 0.25) is 0 Å². The Morgan fingerprint density at radius 3 is 1.63 bits per heavy atom. The van der Waals surface area contributed by atoms with Crippen molar-refractivity contribution in [2.75, 3.05) is 62.2 Å². The van der Waals surface area contributed by atoms with Crippen molar-refractivity contribution in [1.82, 2.24) is 10.2 Å². The molecule has 2 saturated heterocycles. The van der Waals surface area contributed by atoms with Gasteiger partial charge in [-0.2, -0.15) is 26.3 Å². The van der Waals surface area contributed by atoms with E-state index in [4.69, 9.17) is 4.74 Å². The molecule has 4 rings (SSSR count). The van der Waals surface area contributed by atoms with Crippen molar-refractivity contribution in [3.63, 3.8) is 0 Å². The Labute approximate surface area is 237 Å². The van der Waals surface area contributed by atoms with Gasteiger partial charge in [0.05, 0.1) is 11.1 Å². The number of carbonyl (C=O) groups excluding carboxylic acids is 1. The predicted molar refractivity (Wildman–Crippen MR) is 147 cm³/mol. The molecule has 12 heteroatoms. The first-order chi connectivity index (χ1) is 19.1. The van der Waals surface area contributed by atoms with Crippen molar-refractivity contribution in [2.45, 2.75) is 51.6 Å². The fraction of sp³-hybridized carbons (Fsp3) is 0.552. The van der Waals surface area contributed by atoms with Crippen molar-refractivity contribution in [2.24, 2.45) is 0 Å². The molecular weight excluding hydrogens is 550 g/mol. The molecule has 0 aromatic heterocycles. The van der Waals surface area contributed by atoms with E-state index in [-0.39, 0.29) is 6.09 Å². The third kappa shape index (κ3) is 10.3. The molecule has 228 valence electrons. The molecule has 6 nitrogen and oxygen atoms in total. The summed E-state index contributed by atoms with van der Waals surface area (Å²) in [6.07, 6.45) is -7.18. The topological polar surface area (TPSA) is 48.1 Å². The SMILES string of the molecule is CC(C)(C)OC(=O)N1CCCN(c2ccc(C(F)(F)F)cc2)CC1.FC(F)(F)c1ccc(N2CCCNCC2)cc1. The molecule has 2 heterocycles. The molecule has 0 aliphatic carbocycles. The number of rotatable bonds is 2. The quantitative estimate of drug-likeness (QED) is 0.398. The predicted octanol–water partition coefficient (Wildman–Crippen LogP) is 6.66. The van der Waals surface area contributed by atoms with E-state index in [1.165, 1.54) is 12.1 Å². The minimum absolute atomic E-state index is 0.350. The van der Waals surface area contributed by atoms with Crippen LogP contribution in [0.25, 0.3) is 0 Å². The van der Waals surface area contributed by atoms with Crippen molar-refractivity contribution in [3.8, 4) is 0 Å². The number of hydrogen-bond donors (Lipinski definition) is 1. The summed E-state index contributed by atoms with van der Waals surface area (Å²) in [5, 5.41) is 3.26. The van der Waals surface area contributed by atoms with E-state index >= 15 is 0 Å². The lowest BCUT2D eigenvalue weighted by molar-refractivity contribution is -0.138. The van der Waals surface area contributed by atoms with Gasteiger partial charge in [-0.1, -0.05) is 0 Å². The number of benzene rings is 2. The molecule has 41 heavy (non-hydrogen) atoms. The number of nitrogens with zero attached hydrogens (tertiary/aromatic N) is 3. The largest absolute Gasteiger partial charge is 0.444 e. The van der Waals surface area contributed by atoms with Gasteiger partial charge in [0.1, 0.15) is 5.60 Å². The molecule has 0 unspecified atom stereocenters. The van der Waals surface area contributed by atoms with Gasteiger partial charge in [-0.15, -0.1) is 0 Å². The lowest BCUT2D eigenvalue weighted by Crippen LogP contribution is -2.39. The second-order valence-corrected chi connectivity index (χ2v) is 11.0. The summed E-state index contributed by atoms with van der Waals surface area (Å²) < 4.78 is 80.5. The Balaban J connectivity index is 0.000000239. The number of halogens is 6. The number of hydrogen-bond acceptors (Lipinski definition) is 5. The highest BCUT2D eigenvalue weighted by Crippen LogP contribution is 2.31. The Kier molecular flexibility index (Phi) is 10.8. The first kappa shape index (κ1) is 32.4. The molecule has 1 amide bonds. The van der Waals surface area contributed by atoms with E-state index in [9.17, 15) is 31.1 Å². The standard InChI is InChI=1S/C17H23F3N2O2.C12H15F3N2/c1-16(2,3)24-15(23)22-10-4-9-21(11-12-22)14-7-5-13(6-8-14)17(18,19)20;13-12(14,15)10-2-4-11(5-3-10)17-8-1-6-16-7-9-17/h5-8H,4,9-12H2,1-3H3;2-5,16H,1,6-9H2. The summed E-state index contributed by atoms with van der Waals surface area (Å²) in [5.74, 6) is 0. The van der Waals surface area contributed by atoms with Crippen LogP contribution in [0.15, 0.2) is 48.5 Å². The second kappa shape index (κ2) is 13.7. The number of anilines is 2. The van der Waals surface area contributed by atoms with Gasteiger partial charge in [-0.05, 0) is 88.7 Å². The lowest BCUT2D eigenvalue weighted by Gasteiger charge is -2.27. The van der Waals surface area contributed by atoms with Crippen LogP contribution >= 0.6 is 0 Å². The summed E-state index contributed by atoms with van der Waals surface area (Å²) in [5.41, 5.74) is -0.197. The van der Waals surface area contributed by atoms with E-state index in [0.717, 1.165) is 74.7 Å². The van der Waals surface area contributed by atoms with E-state index in [0.29, 0.717) is 26.2 Å². The summed E-state index contributed by atoms with van der Waals surface area (Å²) in [6, 6.07) is 10.5. The molecule has 0 radical (unpaired) electrons. The summed E-state index contributed by atoms with van der Waals surface area (Å²) in [7, 11) is 0. The Morgan fingerprint density at radius 1 is 0.659 bits per heavy atom. The highest BCUT2D eigenvalue weighted by atomic mass is 19.4. The number of nitrogens with one attached hydrogen (secondary N) is 1. The summed E-state index contributed by atoms with van der Waals surface area (Å²) in [4.78, 5) is 17.9. The van der Waals surface area contributed by atoms with E-state index < -0.39 is 29.1 Å². The molecule has 0 atom stereocenters. The molecule has 0 bridgehead atoms. The highest BCUT2D eigenvalue weighted by molar-refractivity contribution is 5.68. The van der Waals surface area contributed by atoms with Crippen LogP contribution in [0.5, 0.6) is 0 Å². The van der Waals surface area contributed by atoms with Crippen molar-refractivity contribution >= 4 is 17.5 Å². The molecular formula is C29H38F6N4O2. The van der Waals surface area contributed by atoms with Gasteiger partial charge in [0, 0.05) is 57.2 Å². The molecule has 2 aliphatic rings. The van der Waals surface area contributed by atoms with Gasteiger partial charge in [0.15, 0.2) is 0 Å². The number of ether oxygens (including phenoxy) is 1. The van der Waals surface area contributed by atoms with E-state index in [1.807, 2.05) is 25.7 Å². The van der Waals surface area contributed by atoms with Crippen LogP contribution in [0.3, 0.4) is 0 Å². The molecule has 1 N–H and O–H groups in total. The van der Waals surface area contributed by atoms with E-state index in [1.54, 1.807) is 17.0 Å². The fourth-order valence-corrected chi connectivity index (χ4v) is 4.51. The zero-order valence-corrected chi connectivity index (χ0v) is 23.6. The molecule has 0 saturated carbocycles. The van der Waals surface area contributed by atoms with Crippen molar-refractivity contribution in [3.05, 3.63) is 59.7 Å². The maximum absolute atomic E-state index is 12.6. The first-order valence-corrected chi connectivity index (χ1v) is 13.7. The maximum Gasteiger partial charge on any atom is 0.416 e. The van der Waals surface area contributed by atoms with Crippen LogP contribution < -0.4 is 15.1 Å². The molecule has 0 spiro atoms. The van der Waals surface area contributed by atoms with Crippen LogP contribution in [0.2, 0.25) is 0 Å². The van der Waals surface area contributed by atoms with Crippen molar-refractivity contribution < 1.29 is 35.9 Å². The minimum atomic E-state index is -4.33. The lowest BCUT2D eigenvalue weighted by atomic mass is 10.2. The average molecular weight is 589 g/mol. The number of amides is 1. The number of alkyl halides is 6. The van der Waals surface area contributed by atoms with Crippen LogP contribution in [-0.4, -0.2) is 69.0 Å². The summed E-state index contributed by atoms with van der Waals surface area (Å²) in [6.45, 7) is 11.3. The zero-order valence-electron chi connectivity index (χ0n) is 23.6. The van der Waals surface area contributed by atoms with Crippen LogP contribution in [-0.2, 0) is 17.1 Å². The van der Waals surface area contributed by atoms with Gasteiger partial charge in [-0.3, -0.25) is 0 Å². The third-order valence-corrected chi connectivity index (χ3v) is 6.61. The van der Waals surface area contributed by atoms with Crippen molar-refractivity contribution in [1.29, 1.82) is 0 Å². The third-order valence-electron chi connectivity index (χ3n) is 6.61.